The van der Waals surface area contributed by atoms with Gasteiger partial charge in [0.15, 0.2) is 5.78 Å². The molecule has 0 fully saturated rings. The van der Waals surface area contributed by atoms with Gasteiger partial charge in [0.25, 0.3) is 0 Å². The first-order valence-corrected chi connectivity index (χ1v) is 6.37. The van der Waals surface area contributed by atoms with Crippen LogP contribution in [0.15, 0.2) is 42.9 Å². The molecule has 0 saturated heterocycles. The van der Waals surface area contributed by atoms with E-state index >= 15 is 0 Å². The molecule has 0 aliphatic rings. The molecule has 0 aliphatic carbocycles. The lowest BCUT2D eigenvalue weighted by atomic mass is 10.1. The molecule has 88 valence electrons. The smallest absolute Gasteiger partial charge is 0.171 e. The molecule has 0 bridgehead atoms. The number of thiazole rings is 1. The highest BCUT2D eigenvalue weighted by Gasteiger charge is 2.10. The maximum atomic E-state index is 11.3. The van der Waals surface area contributed by atoms with Crippen LogP contribution in [0.2, 0.25) is 0 Å². The molecule has 0 spiro atoms. The second-order valence-electron chi connectivity index (χ2n) is 3.99. The van der Waals surface area contributed by atoms with Crippen LogP contribution in [0.25, 0.3) is 21.3 Å². The van der Waals surface area contributed by atoms with E-state index in [-0.39, 0.29) is 5.78 Å². The van der Waals surface area contributed by atoms with Crippen molar-refractivity contribution in [1.29, 1.82) is 0 Å². The molecule has 0 radical (unpaired) electrons. The first kappa shape index (κ1) is 11.0. The summed E-state index contributed by atoms with van der Waals surface area (Å²) in [6, 6.07) is 8.04. The highest BCUT2D eigenvalue weighted by Crippen LogP contribution is 2.30. The molecular formula is C14H10N2OS. The van der Waals surface area contributed by atoms with Crippen LogP contribution in [0.5, 0.6) is 0 Å². The number of pyridine rings is 1. The number of fused-ring (bicyclic) bond motifs is 1. The summed E-state index contributed by atoms with van der Waals surface area (Å²) >= 11 is 1.41. The number of carbonyl (C=O) groups excluding carboxylic acids is 1. The first-order valence-electron chi connectivity index (χ1n) is 5.55. The molecule has 0 aliphatic heterocycles. The van der Waals surface area contributed by atoms with Crippen molar-refractivity contribution in [2.75, 3.05) is 0 Å². The molecule has 0 saturated carbocycles. The minimum atomic E-state index is 0.0481. The van der Waals surface area contributed by atoms with E-state index in [1.54, 1.807) is 19.3 Å². The van der Waals surface area contributed by atoms with Crippen LogP contribution < -0.4 is 0 Å². The number of benzene rings is 1. The predicted molar refractivity (Wildman–Crippen MR) is 72.9 cm³/mol. The van der Waals surface area contributed by atoms with Gasteiger partial charge in [-0.15, -0.1) is 11.3 Å². The third-order valence-electron chi connectivity index (χ3n) is 2.75. The van der Waals surface area contributed by atoms with Crippen molar-refractivity contribution in [3.8, 4) is 10.6 Å². The molecule has 0 atom stereocenters. The Kier molecular flexibility index (Phi) is 2.64. The van der Waals surface area contributed by atoms with Crippen molar-refractivity contribution in [2.45, 2.75) is 6.92 Å². The standard InChI is InChI=1S/C14H10N2OS/c1-9(17)13-8-16-14(18-13)12-7-15-6-10-4-2-3-5-11(10)12/h2-8H,1H3. The maximum Gasteiger partial charge on any atom is 0.171 e. The normalized spacial score (nSPS) is 10.7. The van der Waals surface area contributed by atoms with E-state index in [9.17, 15) is 4.79 Å². The van der Waals surface area contributed by atoms with Crippen LogP contribution in [0.3, 0.4) is 0 Å². The van der Waals surface area contributed by atoms with Crippen molar-refractivity contribution in [2.24, 2.45) is 0 Å². The van der Waals surface area contributed by atoms with Crippen LogP contribution in [-0.2, 0) is 0 Å². The molecular weight excluding hydrogens is 244 g/mol. The maximum absolute atomic E-state index is 11.3. The highest BCUT2D eigenvalue weighted by molar-refractivity contribution is 7.17. The van der Waals surface area contributed by atoms with E-state index in [0.717, 1.165) is 21.3 Å². The Labute approximate surface area is 108 Å². The Balaban J connectivity index is 2.21. The molecule has 0 N–H and O–H groups in total. The van der Waals surface area contributed by atoms with Gasteiger partial charge in [0.1, 0.15) is 5.01 Å². The number of Topliss-reactive ketones (excluding diaryl/α,β-unsaturated/α-hetero) is 1. The summed E-state index contributed by atoms with van der Waals surface area (Å²) in [7, 11) is 0. The summed E-state index contributed by atoms with van der Waals surface area (Å²) in [5, 5.41) is 3.02. The Morgan fingerprint density at radius 1 is 1.17 bits per heavy atom. The molecule has 18 heavy (non-hydrogen) atoms. The van der Waals surface area contributed by atoms with E-state index in [1.165, 1.54) is 11.3 Å². The van der Waals surface area contributed by atoms with Crippen molar-refractivity contribution in [3.63, 3.8) is 0 Å². The third-order valence-corrected chi connectivity index (χ3v) is 3.88. The van der Waals surface area contributed by atoms with Crippen molar-refractivity contribution in [1.82, 2.24) is 9.97 Å². The zero-order valence-electron chi connectivity index (χ0n) is 9.75. The predicted octanol–water partition coefficient (Wildman–Crippen LogP) is 3.56. The van der Waals surface area contributed by atoms with Gasteiger partial charge in [-0.25, -0.2) is 4.98 Å². The summed E-state index contributed by atoms with van der Waals surface area (Å²) in [4.78, 5) is 20.5. The zero-order valence-corrected chi connectivity index (χ0v) is 10.6. The Morgan fingerprint density at radius 2 is 2.00 bits per heavy atom. The molecule has 0 amide bonds. The number of rotatable bonds is 2. The largest absolute Gasteiger partial charge is 0.294 e. The number of hydrogen-bond donors (Lipinski definition) is 0. The van der Waals surface area contributed by atoms with Crippen LogP contribution in [0.4, 0.5) is 0 Å². The Hall–Kier alpha value is -2.07. The van der Waals surface area contributed by atoms with Gasteiger partial charge < -0.3 is 0 Å². The second kappa shape index (κ2) is 4.31. The van der Waals surface area contributed by atoms with Gasteiger partial charge in [-0.2, -0.15) is 0 Å². The fourth-order valence-corrected chi connectivity index (χ4v) is 2.68. The monoisotopic (exact) mass is 254 g/mol. The van der Waals surface area contributed by atoms with Crippen LogP contribution in [0, 0.1) is 0 Å². The van der Waals surface area contributed by atoms with E-state index in [2.05, 4.69) is 9.97 Å². The molecule has 1 aromatic carbocycles. The van der Waals surface area contributed by atoms with Crippen molar-refractivity contribution in [3.05, 3.63) is 47.7 Å². The Morgan fingerprint density at radius 3 is 2.78 bits per heavy atom. The SMILES string of the molecule is CC(=O)c1cnc(-c2cncc3ccccc23)s1. The van der Waals surface area contributed by atoms with Gasteiger partial charge in [-0.05, 0) is 5.39 Å². The van der Waals surface area contributed by atoms with Gasteiger partial charge in [0.2, 0.25) is 0 Å². The lowest BCUT2D eigenvalue weighted by Crippen LogP contribution is -1.83. The van der Waals surface area contributed by atoms with Crippen molar-refractivity contribution < 1.29 is 4.79 Å². The molecule has 3 rings (SSSR count). The average Bonchev–Trinajstić information content (AvgIpc) is 2.87. The summed E-state index contributed by atoms with van der Waals surface area (Å²) < 4.78 is 0. The average molecular weight is 254 g/mol. The minimum absolute atomic E-state index is 0.0481. The molecule has 2 aromatic heterocycles. The van der Waals surface area contributed by atoms with Gasteiger partial charge in [0, 0.05) is 36.5 Å². The number of nitrogens with zero attached hydrogens (tertiary/aromatic N) is 2. The van der Waals surface area contributed by atoms with Gasteiger partial charge in [-0.1, -0.05) is 24.3 Å². The molecule has 3 nitrogen and oxygen atoms in total. The topological polar surface area (TPSA) is 42.9 Å². The lowest BCUT2D eigenvalue weighted by molar-refractivity contribution is 0.102. The van der Waals surface area contributed by atoms with Gasteiger partial charge >= 0.3 is 0 Å². The number of aromatic nitrogens is 2. The fourth-order valence-electron chi connectivity index (χ4n) is 1.85. The summed E-state index contributed by atoms with van der Waals surface area (Å²) in [5.41, 5.74) is 0.977. The zero-order chi connectivity index (χ0) is 12.5. The second-order valence-corrected chi connectivity index (χ2v) is 5.02. The van der Waals surface area contributed by atoms with E-state index in [0.29, 0.717) is 4.88 Å². The molecule has 0 unspecified atom stereocenters. The third kappa shape index (κ3) is 1.80. The fraction of sp³-hybridized carbons (Fsp3) is 0.0714. The van der Waals surface area contributed by atoms with E-state index in [4.69, 9.17) is 0 Å². The Bertz CT molecular complexity index is 728. The summed E-state index contributed by atoms with van der Waals surface area (Å²) in [6.45, 7) is 1.55. The van der Waals surface area contributed by atoms with Crippen LogP contribution >= 0.6 is 11.3 Å². The van der Waals surface area contributed by atoms with Crippen LogP contribution in [-0.4, -0.2) is 15.8 Å². The molecule has 3 aromatic rings. The van der Waals surface area contributed by atoms with Crippen molar-refractivity contribution >= 4 is 27.9 Å². The van der Waals surface area contributed by atoms with E-state index in [1.807, 2.05) is 30.5 Å². The van der Waals surface area contributed by atoms with Gasteiger partial charge in [0.05, 0.1) is 4.88 Å². The summed E-state index contributed by atoms with van der Waals surface area (Å²) in [5.74, 6) is 0.0481. The number of ketones is 1. The summed E-state index contributed by atoms with van der Waals surface area (Å²) in [6.07, 6.45) is 5.26. The first-order chi connectivity index (χ1) is 8.75. The van der Waals surface area contributed by atoms with Gasteiger partial charge in [-0.3, -0.25) is 9.78 Å². The quantitative estimate of drug-likeness (QED) is 0.657. The minimum Gasteiger partial charge on any atom is -0.294 e. The number of hydrogen-bond acceptors (Lipinski definition) is 4. The number of carbonyl (C=O) groups is 1. The lowest BCUT2D eigenvalue weighted by Gasteiger charge is -2.01. The van der Waals surface area contributed by atoms with Crippen LogP contribution in [0.1, 0.15) is 16.6 Å². The highest BCUT2D eigenvalue weighted by atomic mass is 32.1. The van der Waals surface area contributed by atoms with E-state index < -0.39 is 0 Å². The molecule has 2 heterocycles. The molecule has 4 heteroatoms.